The lowest BCUT2D eigenvalue weighted by molar-refractivity contribution is -0.138. The van der Waals surface area contributed by atoms with Gasteiger partial charge in [0.05, 0.1) is 5.56 Å². The summed E-state index contributed by atoms with van der Waals surface area (Å²) in [6.07, 6.45) is -3.69. The van der Waals surface area contributed by atoms with Crippen molar-refractivity contribution < 1.29 is 22.3 Å². The third kappa shape index (κ3) is 10.1. The van der Waals surface area contributed by atoms with Gasteiger partial charge in [-0.25, -0.2) is 4.39 Å². The highest BCUT2D eigenvalue weighted by atomic mass is 127. The molecule has 0 radical (unpaired) electrons. The second kappa shape index (κ2) is 13.1. The van der Waals surface area contributed by atoms with E-state index in [2.05, 4.69) is 20.5 Å². The van der Waals surface area contributed by atoms with Crippen molar-refractivity contribution in [3.8, 4) is 0 Å². The summed E-state index contributed by atoms with van der Waals surface area (Å²) in [6, 6.07) is 2.64. The molecule has 0 saturated heterocycles. The third-order valence-electron chi connectivity index (χ3n) is 3.72. The molecule has 0 heterocycles. The van der Waals surface area contributed by atoms with Crippen molar-refractivity contribution in [1.29, 1.82) is 0 Å². The molecule has 0 unspecified atom stereocenters. The molecule has 0 aromatic heterocycles. The van der Waals surface area contributed by atoms with Gasteiger partial charge in [0.1, 0.15) is 5.82 Å². The zero-order valence-corrected chi connectivity index (χ0v) is 18.0. The zero-order valence-electron chi connectivity index (χ0n) is 15.7. The summed E-state index contributed by atoms with van der Waals surface area (Å²) >= 11 is 0. The third-order valence-corrected chi connectivity index (χ3v) is 3.72. The highest BCUT2D eigenvalue weighted by Crippen LogP contribution is 2.32. The molecule has 27 heavy (non-hydrogen) atoms. The van der Waals surface area contributed by atoms with Gasteiger partial charge in [-0.1, -0.05) is 6.07 Å². The Morgan fingerprint density at radius 1 is 1.22 bits per heavy atom. The van der Waals surface area contributed by atoms with Gasteiger partial charge >= 0.3 is 6.18 Å². The van der Waals surface area contributed by atoms with Crippen molar-refractivity contribution >= 4 is 29.9 Å². The van der Waals surface area contributed by atoms with Crippen LogP contribution in [0.1, 0.15) is 17.5 Å². The Hall–Kier alpha value is -1.14. The maximum absolute atomic E-state index is 13.1. The van der Waals surface area contributed by atoms with Gasteiger partial charge in [0.15, 0.2) is 5.96 Å². The minimum Gasteiger partial charge on any atom is -0.385 e. The second-order valence-electron chi connectivity index (χ2n) is 5.80. The molecule has 0 atom stereocenters. The van der Waals surface area contributed by atoms with Crippen molar-refractivity contribution in [1.82, 2.24) is 15.5 Å². The Morgan fingerprint density at radius 3 is 2.52 bits per heavy atom. The predicted molar refractivity (Wildman–Crippen MR) is 109 cm³/mol. The van der Waals surface area contributed by atoms with Crippen LogP contribution in [-0.4, -0.2) is 58.3 Å². The number of alkyl halides is 3. The fourth-order valence-corrected chi connectivity index (χ4v) is 2.32. The number of rotatable bonds is 9. The maximum atomic E-state index is 13.1. The van der Waals surface area contributed by atoms with E-state index >= 15 is 0 Å². The standard InChI is InChI=1S/C17H26F4N4O.HI/c1-22-16(23-7-9-25(2)8-4-10-26-3)24-12-13-5-6-14(18)11-15(13)17(19,20)21;/h5-6,11H,4,7-10,12H2,1-3H3,(H2,22,23,24);1H. The van der Waals surface area contributed by atoms with E-state index in [4.69, 9.17) is 4.74 Å². The van der Waals surface area contributed by atoms with Gasteiger partial charge in [-0.05, 0) is 31.2 Å². The van der Waals surface area contributed by atoms with Crippen molar-refractivity contribution in [2.24, 2.45) is 4.99 Å². The first-order valence-corrected chi connectivity index (χ1v) is 8.25. The SMILES string of the molecule is CN=C(NCCN(C)CCCOC)NCc1ccc(F)cc1C(F)(F)F.I. The van der Waals surface area contributed by atoms with Gasteiger partial charge in [0.2, 0.25) is 0 Å². The molecular weight excluding hydrogens is 479 g/mol. The lowest BCUT2D eigenvalue weighted by Crippen LogP contribution is -2.41. The van der Waals surface area contributed by atoms with E-state index in [1.807, 2.05) is 7.05 Å². The Bertz CT molecular complexity index is 585. The number of nitrogens with zero attached hydrogens (tertiary/aromatic N) is 2. The van der Waals surface area contributed by atoms with Crippen LogP contribution >= 0.6 is 24.0 Å². The van der Waals surface area contributed by atoms with Gasteiger partial charge in [-0.15, -0.1) is 24.0 Å². The number of likely N-dealkylation sites (N-methyl/N-ethyl adjacent to an activating group) is 1. The molecule has 156 valence electrons. The minimum atomic E-state index is -4.61. The number of nitrogens with one attached hydrogen (secondary N) is 2. The summed E-state index contributed by atoms with van der Waals surface area (Å²) in [6.45, 7) is 2.79. The highest BCUT2D eigenvalue weighted by molar-refractivity contribution is 14.0. The van der Waals surface area contributed by atoms with E-state index < -0.39 is 17.6 Å². The van der Waals surface area contributed by atoms with E-state index in [1.54, 1.807) is 7.11 Å². The Kier molecular flexibility index (Phi) is 12.6. The number of hydrogen-bond donors (Lipinski definition) is 2. The Labute approximate surface area is 174 Å². The van der Waals surface area contributed by atoms with Crippen molar-refractivity contribution in [2.75, 3.05) is 47.4 Å². The molecule has 1 rings (SSSR count). The smallest absolute Gasteiger partial charge is 0.385 e. The first-order valence-electron chi connectivity index (χ1n) is 8.25. The normalized spacial score (nSPS) is 12.1. The van der Waals surface area contributed by atoms with Gasteiger partial charge in [-0.3, -0.25) is 4.99 Å². The lowest BCUT2D eigenvalue weighted by atomic mass is 10.1. The molecule has 1 aromatic carbocycles. The molecule has 2 N–H and O–H groups in total. The van der Waals surface area contributed by atoms with Gasteiger partial charge in [0, 0.05) is 46.9 Å². The van der Waals surface area contributed by atoms with Crippen LogP contribution in [0, 0.1) is 5.82 Å². The largest absolute Gasteiger partial charge is 0.416 e. The average molecular weight is 506 g/mol. The number of aliphatic imine (C=N–C) groups is 1. The van der Waals surface area contributed by atoms with Crippen LogP contribution in [0.4, 0.5) is 17.6 Å². The summed E-state index contributed by atoms with van der Waals surface area (Å²) in [5.74, 6) is -0.534. The fourth-order valence-electron chi connectivity index (χ4n) is 2.32. The van der Waals surface area contributed by atoms with Crippen LogP contribution in [0.15, 0.2) is 23.2 Å². The molecule has 0 amide bonds. The second-order valence-corrected chi connectivity index (χ2v) is 5.80. The molecule has 0 spiro atoms. The number of halogens is 5. The molecule has 0 aliphatic heterocycles. The summed E-state index contributed by atoms with van der Waals surface area (Å²) < 4.78 is 57.1. The van der Waals surface area contributed by atoms with Crippen LogP contribution in [0.5, 0.6) is 0 Å². The topological polar surface area (TPSA) is 48.9 Å². The lowest BCUT2D eigenvalue weighted by Gasteiger charge is -2.19. The molecule has 0 aliphatic rings. The molecular formula is C17H27F4IN4O. The van der Waals surface area contributed by atoms with Crippen LogP contribution in [0.2, 0.25) is 0 Å². The number of guanidine groups is 1. The first-order chi connectivity index (χ1) is 12.3. The van der Waals surface area contributed by atoms with E-state index in [0.717, 1.165) is 31.6 Å². The highest BCUT2D eigenvalue weighted by Gasteiger charge is 2.33. The predicted octanol–water partition coefficient (Wildman–Crippen LogP) is 3.10. The van der Waals surface area contributed by atoms with E-state index in [1.165, 1.54) is 7.05 Å². The van der Waals surface area contributed by atoms with Crippen molar-refractivity contribution in [3.63, 3.8) is 0 Å². The molecule has 1 aromatic rings. The monoisotopic (exact) mass is 506 g/mol. The van der Waals surface area contributed by atoms with Crippen molar-refractivity contribution in [2.45, 2.75) is 19.1 Å². The van der Waals surface area contributed by atoms with Gasteiger partial charge in [0.25, 0.3) is 0 Å². The molecule has 0 aliphatic carbocycles. The molecule has 0 fully saturated rings. The Morgan fingerprint density at radius 2 is 1.93 bits per heavy atom. The van der Waals surface area contributed by atoms with Crippen LogP contribution < -0.4 is 10.6 Å². The van der Waals surface area contributed by atoms with Gasteiger partial charge < -0.3 is 20.3 Å². The average Bonchev–Trinajstić information content (AvgIpc) is 2.58. The van der Waals surface area contributed by atoms with E-state index in [-0.39, 0.29) is 36.1 Å². The summed E-state index contributed by atoms with van der Waals surface area (Å²) in [5.41, 5.74) is -1.03. The van der Waals surface area contributed by atoms with E-state index in [0.29, 0.717) is 25.2 Å². The summed E-state index contributed by atoms with van der Waals surface area (Å²) in [7, 11) is 5.16. The van der Waals surface area contributed by atoms with Crippen LogP contribution in [0.25, 0.3) is 0 Å². The molecule has 5 nitrogen and oxygen atoms in total. The fraction of sp³-hybridized carbons (Fsp3) is 0.588. The number of methoxy groups -OCH3 is 1. The molecule has 0 saturated carbocycles. The number of benzene rings is 1. The number of hydrogen-bond acceptors (Lipinski definition) is 3. The van der Waals surface area contributed by atoms with E-state index in [9.17, 15) is 17.6 Å². The molecule has 0 bridgehead atoms. The van der Waals surface area contributed by atoms with Gasteiger partial charge in [-0.2, -0.15) is 13.2 Å². The first kappa shape index (κ1) is 25.9. The Balaban J connectivity index is 0.00000676. The van der Waals surface area contributed by atoms with Crippen LogP contribution in [-0.2, 0) is 17.5 Å². The summed E-state index contributed by atoms with van der Waals surface area (Å²) in [5, 5.41) is 5.86. The zero-order chi connectivity index (χ0) is 19.6. The molecule has 10 heteroatoms. The van der Waals surface area contributed by atoms with Crippen LogP contribution in [0.3, 0.4) is 0 Å². The summed E-state index contributed by atoms with van der Waals surface area (Å²) in [4.78, 5) is 6.10. The maximum Gasteiger partial charge on any atom is 0.416 e. The van der Waals surface area contributed by atoms with Crippen molar-refractivity contribution in [3.05, 3.63) is 35.1 Å². The minimum absolute atomic E-state index is 0. The number of ether oxygens (including phenoxy) is 1. The quantitative estimate of drug-likeness (QED) is 0.178.